The molecule has 1 aliphatic heterocycles. The molecule has 1 heterocycles. The molecule has 4 unspecified atom stereocenters. The molecule has 0 bridgehead atoms. The maximum Gasteiger partial charge on any atom is 0.170 e. The predicted octanol–water partition coefficient (Wildman–Crippen LogP) is -1.09. The van der Waals surface area contributed by atoms with Crippen LogP contribution in [-0.4, -0.2) is 41.0 Å². The van der Waals surface area contributed by atoms with Gasteiger partial charge in [0.15, 0.2) is 6.40 Å². The highest BCUT2D eigenvalue weighted by atomic mass is 16.5. The zero-order valence-electron chi connectivity index (χ0n) is 5.34. The van der Waals surface area contributed by atoms with Gasteiger partial charge in [0.05, 0.1) is 6.10 Å². The molecule has 0 aromatic rings. The molecule has 0 saturated heterocycles. The van der Waals surface area contributed by atoms with E-state index in [1.54, 1.807) is 0 Å². The van der Waals surface area contributed by atoms with Crippen molar-refractivity contribution in [2.24, 2.45) is 4.99 Å². The van der Waals surface area contributed by atoms with Crippen molar-refractivity contribution in [2.75, 3.05) is 0 Å². The van der Waals surface area contributed by atoms with Crippen molar-refractivity contribution in [3.05, 3.63) is 0 Å². The second kappa shape index (κ2) is 1.93. The Morgan fingerprint density at radius 3 is 3.00 bits per heavy atom. The highest BCUT2D eigenvalue weighted by Crippen LogP contribution is 2.28. The van der Waals surface area contributed by atoms with E-state index < -0.39 is 12.2 Å². The van der Waals surface area contributed by atoms with Gasteiger partial charge < -0.3 is 14.9 Å². The smallest absolute Gasteiger partial charge is 0.170 e. The third-order valence-corrected chi connectivity index (χ3v) is 2.07. The fourth-order valence-electron chi connectivity index (χ4n) is 1.47. The third kappa shape index (κ3) is 0.660. The number of hydrogen-bond donors (Lipinski definition) is 2. The molecule has 4 atom stereocenters. The SMILES string of the molecule is OC1CC2OC=NC2C1O. The summed E-state index contributed by atoms with van der Waals surface area (Å²) in [4.78, 5) is 3.87. The third-order valence-electron chi connectivity index (χ3n) is 2.07. The van der Waals surface area contributed by atoms with Crippen LogP contribution in [0, 0.1) is 0 Å². The maximum absolute atomic E-state index is 9.22. The summed E-state index contributed by atoms with van der Waals surface area (Å²) in [5, 5.41) is 18.3. The lowest BCUT2D eigenvalue weighted by molar-refractivity contribution is 0.0369. The Hall–Kier alpha value is -0.610. The molecule has 4 heteroatoms. The fourth-order valence-corrected chi connectivity index (χ4v) is 1.47. The first-order valence-corrected chi connectivity index (χ1v) is 3.32. The molecule has 2 rings (SSSR count). The molecule has 1 aliphatic carbocycles. The van der Waals surface area contributed by atoms with Gasteiger partial charge in [-0.2, -0.15) is 0 Å². The topological polar surface area (TPSA) is 62.0 Å². The van der Waals surface area contributed by atoms with Gasteiger partial charge in [0.1, 0.15) is 18.2 Å². The van der Waals surface area contributed by atoms with E-state index in [0.29, 0.717) is 6.42 Å². The highest BCUT2D eigenvalue weighted by molar-refractivity contribution is 5.50. The summed E-state index contributed by atoms with van der Waals surface area (Å²) in [6.45, 7) is 0. The van der Waals surface area contributed by atoms with Crippen molar-refractivity contribution in [3.63, 3.8) is 0 Å². The molecule has 0 spiro atoms. The van der Waals surface area contributed by atoms with E-state index in [1.807, 2.05) is 0 Å². The van der Waals surface area contributed by atoms with Gasteiger partial charge in [0, 0.05) is 6.42 Å². The van der Waals surface area contributed by atoms with Crippen LogP contribution in [0.1, 0.15) is 6.42 Å². The van der Waals surface area contributed by atoms with Gasteiger partial charge in [-0.1, -0.05) is 0 Å². The first-order chi connectivity index (χ1) is 4.79. The van der Waals surface area contributed by atoms with Crippen LogP contribution in [0.15, 0.2) is 4.99 Å². The van der Waals surface area contributed by atoms with Crippen LogP contribution in [0.4, 0.5) is 0 Å². The lowest BCUT2D eigenvalue weighted by atomic mass is 10.2. The summed E-state index contributed by atoms with van der Waals surface area (Å²) in [7, 11) is 0. The van der Waals surface area contributed by atoms with Crippen LogP contribution in [-0.2, 0) is 4.74 Å². The number of aliphatic imine (C=N–C) groups is 1. The second-order valence-corrected chi connectivity index (χ2v) is 2.71. The summed E-state index contributed by atoms with van der Waals surface area (Å²) in [5.41, 5.74) is 0. The zero-order valence-corrected chi connectivity index (χ0v) is 5.34. The molecule has 0 amide bonds. The van der Waals surface area contributed by atoms with Crippen molar-refractivity contribution in [2.45, 2.75) is 30.8 Å². The first kappa shape index (κ1) is 6.12. The molecule has 1 fully saturated rings. The van der Waals surface area contributed by atoms with E-state index in [2.05, 4.69) is 4.99 Å². The standard InChI is InChI=1S/C6H9NO3/c8-3-1-4-5(6(3)9)7-2-10-4/h2-6,8-9H,1H2. The zero-order chi connectivity index (χ0) is 7.14. The molecule has 10 heavy (non-hydrogen) atoms. The van der Waals surface area contributed by atoms with Crippen LogP contribution < -0.4 is 0 Å². The Balaban J connectivity index is 2.16. The number of ether oxygens (including phenoxy) is 1. The fraction of sp³-hybridized carbons (Fsp3) is 0.833. The Bertz CT molecular complexity index is 170. The van der Waals surface area contributed by atoms with Crippen LogP contribution in [0.5, 0.6) is 0 Å². The second-order valence-electron chi connectivity index (χ2n) is 2.71. The molecule has 1 saturated carbocycles. The molecule has 0 radical (unpaired) electrons. The summed E-state index contributed by atoms with van der Waals surface area (Å²) < 4.78 is 5.01. The Kier molecular flexibility index (Phi) is 1.18. The van der Waals surface area contributed by atoms with Gasteiger partial charge in [-0.15, -0.1) is 0 Å². The number of aliphatic hydroxyl groups is 2. The van der Waals surface area contributed by atoms with Crippen LogP contribution in [0.3, 0.4) is 0 Å². The van der Waals surface area contributed by atoms with Gasteiger partial charge in [0.25, 0.3) is 0 Å². The molecule has 56 valence electrons. The van der Waals surface area contributed by atoms with E-state index in [9.17, 15) is 5.11 Å². The van der Waals surface area contributed by atoms with Gasteiger partial charge in [0.2, 0.25) is 0 Å². The van der Waals surface area contributed by atoms with Crippen molar-refractivity contribution < 1.29 is 14.9 Å². The van der Waals surface area contributed by atoms with Crippen LogP contribution in [0.25, 0.3) is 0 Å². The van der Waals surface area contributed by atoms with Crippen LogP contribution >= 0.6 is 0 Å². The van der Waals surface area contributed by atoms with Gasteiger partial charge in [-0.25, -0.2) is 4.99 Å². The average molecular weight is 143 g/mol. The quantitative estimate of drug-likeness (QED) is 0.453. The number of nitrogens with zero attached hydrogens (tertiary/aromatic N) is 1. The molecule has 2 N–H and O–H groups in total. The van der Waals surface area contributed by atoms with E-state index in [4.69, 9.17) is 9.84 Å². The van der Waals surface area contributed by atoms with E-state index in [0.717, 1.165) is 0 Å². The Morgan fingerprint density at radius 1 is 1.50 bits per heavy atom. The van der Waals surface area contributed by atoms with E-state index in [1.165, 1.54) is 6.40 Å². The van der Waals surface area contributed by atoms with Crippen molar-refractivity contribution in [3.8, 4) is 0 Å². The normalized spacial score (nSPS) is 51.0. The largest absolute Gasteiger partial charge is 0.478 e. The van der Waals surface area contributed by atoms with E-state index in [-0.39, 0.29) is 12.1 Å². The molecule has 0 aromatic heterocycles. The molecular formula is C6H9NO3. The number of rotatable bonds is 0. The molecule has 0 aromatic carbocycles. The summed E-state index contributed by atoms with van der Waals surface area (Å²) in [6.07, 6.45) is 0.359. The highest BCUT2D eigenvalue weighted by Gasteiger charge is 2.44. The predicted molar refractivity (Wildman–Crippen MR) is 33.8 cm³/mol. The van der Waals surface area contributed by atoms with Crippen LogP contribution in [0.2, 0.25) is 0 Å². The summed E-state index contributed by atoms with van der Waals surface area (Å²) in [5.74, 6) is 0. The Labute approximate surface area is 58.1 Å². The maximum atomic E-state index is 9.22. The number of aliphatic hydroxyl groups excluding tert-OH is 2. The van der Waals surface area contributed by atoms with Gasteiger partial charge >= 0.3 is 0 Å². The molecular weight excluding hydrogens is 134 g/mol. The monoisotopic (exact) mass is 143 g/mol. The van der Waals surface area contributed by atoms with Crippen molar-refractivity contribution in [1.82, 2.24) is 0 Å². The van der Waals surface area contributed by atoms with Crippen molar-refractivity contribution >= 4 is 6.40 Å². The average Bonchev–Trinajstić information content (AvgIpc) is 2.41. The van der Waals surface area contributed by atoms with Gasteiger partial charge in [-0.3, -0.25) is 0 Å². The van der Waals surface area contributed by atoms with Gasteiger partial charge in [-0.05, 0) is 0 Å². The summed E-state index contributed by atoms with van der Waals surface area (Å²) in [6, 6.07) is -0.227. The first-order valence-electron chi connectivity index (χ1n) is 3.32. The minimum absolute atomic E-state index is 0.0926. The number of hydrogen-bond acceptors (Lipinski definition) is 4. The summed E-state index contributed by atoms with van der Waals surface area (Å²) >= 11 is 0. The minimum Gasteiger partial charge on any atom is -0.478 e. The lowest BCUT2D eigenvalue weighted by Gasteiger charge is -2.08. The van der Waals surface area contributed by atoms with E-state index >= 15 is 0 Å². The Morgan fingerprint density at radius 2 is 2.30 bits per heavy atom. The van der Waals surface area contributed by atoms with Crippen molar-refractivity contribution in [1.29, 1.82) is 0 Å². The minimum atomic E-state index is -0.733. The molecule has 4 nitrogen and oxygen atoms in total. The molecule has 2 aliphatic rings. The lowest BCUT2D eigenvalue weighted by Crippen LogP contribution is -2.28. The number of fused-ring (bicyclic) bond motifs is 1.